The summed E-state index contributed by atoms with van der Waals surface area (Å²) in [5, 5.41) is 11.8. The first-order valence-corrected chi connectivity index (χ1v) is 6.41. The molecule has 3 nitrogen and oxygen atoms in total. The van der Waals surface area contributed by atoms with Gasteiger partial charge in [-0.15, -0.1) is 11.3 Å². The van der Waals surface area contributed by atoms with E-state index in [0.29, 0.717) is 10.6 Å². The van der Waals surface area contributed by atoms with Crippen molar-refractivity contribution in [3.8, 4) is 17.2 Å². The van der Waals surface area contributed by atoms with E-state index in [2.05, 4.69) is 11.4 Å². The molecule has 1 amide bonds. The van der Waals surface area contributed by atoms with Gasteiger partial charge in [-0.1, -0.05) is 12.1 Å². The van der Waals surface area contributed by atoms with E-state index in [1.54, 1.807) is 12.1 Å². The number of carbonyl (C=O) groups is 1. The number of hydrogen-bond donors (Lipinski definition) is 1. The van der Waals surface area contributed by atoms with Crippen LogP contribution in [-0.4, -0.2) is 5.91 Å². The van der Waals surface area contributed by atoms with Crippen LogP contribution in [0.3, 0.4) is 0 Å². The van der Waals surface area contributed by atoms with Crippen LogP contribution in [0.1, 0.15) is 16.7 Å². The van der Waals surface area contributed by atoms with Crippen LogP contribution in [0.2, 0.25) is 0 Å². The van der Waals surface area contributed by atoms with Crippen molar-refractivity contribution in [2.45, 2.75) is 13.8 Å². The number of hydrogen-bond acceptors (Lipinski definition) is 3. The Morgan fingerprint density at radius 3 is 2.53 bits per heavy atom. The summed E-state index contributed by atoms with van der Waals surface area (Å²) >= 11 is 1.31. The van der Waals surface area contributed by atoms with Crippen LogP contribution in [0.25, 0.3) is 11.1 Å². The predicted octanol–water partition coefficient (Wildman–Crippen LogP) is 3.69. The van der Waals surface area contributed by atoms with Crippen LogP contribution in [0.4, 0.5) is 10.1 Å². The molecule has 0 atom stereocenters. The summed E-state index contributed by atoms with van der Waals surface area (Å²) in [4.78, 5) is 12.6. The van der Waals surface area contributed by atoms with Crippen molar-refractivity contribution in [2.75, 3.05) is 5.32 Å². The highest BCUT2D eigenvalue weighted by Crippen LogP contribution is 2.40. The van der Waals surface area contributed by atoms with E-state index in [4.69, 9.17) is 5.26 Å². The Hall–Kier alpha value is -2.19. The number of halogens is 1. The monoisotopic (exact) mass is 274 g/mol. The van der Waals surface area contributed by atoms with Crippen molar-refractivity contribution in [1.29, 1.82) is 5.26 Å². The van der Waals surface area contributed by atoms with Crippen LogP contribution < -0.4 is 5.32 Å². The molecule has 0 aliphatic carbocycles. The summed E-state index contributed by atoms with van der Waals surface area (Å²) in [6.45, 7) is 3.26. The van der Waals surface area contributed by atoms with Gasteiger partial charge in [0, 0.05) is 17.4 Å². The summed E-state index contributed by atoms with van der Waals surface area (Å²) in [6.07, 6.45) is 0. The van der Waals surface area contributed by atoms with E-state index in [1.807, 2.05) is 6.92 Å². The van der Waals surface area contributed by atoms with E-state index in [1.165, 1.54) is 30.4 Å². The van der Waals surface area contributed by atoms with Gasteiger partial charge in [0.1, 0.15) is 16.8 Å². The second kappa shape index (κ2) is 5.21. The van der Waals surface area contributed by atoms with Gasteiger partial charge in [0.2, 0.25) is 5.91 Å². The standard InChI is InChI=1S/C14H11FN2OS/c1-8-13(10-3-5-11(15)6-4-10)14(17-9(2)18)12(7-16)19-8/h3-6H,1-2H3,(H,17,18). The van der Waals surface area contributed by atoms with E-state index < -0.39 is 0 Å². The van der Waals surface area contributed by atoms with Gasteiger partial charge in [-0.25, -0.2) is 4.39 Å². The summed E-state index contributed by atoms with van der Waals surface area (Å²) in [7, 11) is 0. The summed E-state index contributed by atoms with van der Waals surface area (Å²) < 4.78 is 13.0. The molecule has 0 saturated carbocycles. The molecule has 0 aliphatic rings. The Labute approximate surface area is 114 Å². The fourth-order valence-corrected chi connectivity index (χ4v) is 2.81. The van der Waals surface area contributed by atoms with Gasteiger partial charge in [-0.3, -0.25) is 4.79 Å². The fourth-order valence-electron chi connectivity index (χ4n) is 1.88. The summed E-state index contributed by atoms with van der Waals surface area (Å²) in [5.41, 5.74) is 2.06. The third kappa shape index (κ3) is 2.64. The minimum Gasteiger partial charge on any atom is -0.324 e. The molecule has 0 aliphatic heterocycles. The van der Waals surface area contributed by atoms with Gasteiger partial charge in [0.25, 0.3) is 0 Å². The highest BCUT2D eigenvalue weighted by Gasteiger charge is 2.18. The second-order valence-corrected chi connectivity index (χ2v) is 5.26. The molecular weight excluding hydrogens is 263 g/mol. The maximum atomic E-state index is 13.0. The molecule has 2 aromatic rings. The smallest absolute Gasteiger partial charge is 0.221 e. The molecule has 1 N–H and O–H groups in total. The first kappa shape index (κ1) is 13.2. The number of nitriles is 1. The van der Waals surface area contributed by atoms with Gasteiger partial charge in [0.15, 0.2) is 0 Å². The van der Waals surface area contributed by atoms with Gasteiger partial charge in [-0.05, 0) is 24.6 Å². The topological polar surface area (TPSA) is 52.9 Å². The predicted molar refractivity (Wildman–Crippen MR) is 73.5 cm³/mol. The number of amides is 1. The first-order chi connectivity index (χ1) is 9.02. The minimum atomic E-state index is -0.321. The zero-order valence-corrected chi connectivity index (χ0v) is 11.3. The van der Waals surface area contributed by atoms with E-state index >= 15 is 0 Å². The molecule has 96 valence electrons. The van der Waals surface area contributed by atoms with Gasteiger partial charge in [0.05, 0.1) is 5.69 Å². The highest BCUT2D eigenvalue weighted by atomic mass is 32.1. The molecule has 2 rings (SSSR count). The molecule has 5 heteroatoms. The maximum Gasteiger partial charge on any atom is 0.221 e. The lowest BCUT2D eigenvalue weighted by atomic mass is 10.0. The van der Waals surface area contributed by atoms with Crippen molar-refractivity contribution < 1.29 is 9.18 Å². The minimum absolute atomic E-state index is 0.238. The fraction of sp³-hybridized carbons (Fsp3) is 0.143. The maximum absolute atomic E-state index is 13.0. The molecular formula is C14H11FN2OS. The Morgan fingerprint density at radius 1 is 1.37 bits per heavy atom. The Morgan fingerprint density at radius 2 is 2.00 bits per heavy atom. The van der Waals surface area contributed by atoms with E-state index in [9.17, 15) is 9.18 Å². The van der Waals surface area contributed by atoms with Crippen molar-refractivity contribution in [2.24, 2.45) is 0 Å². The number of nitrogens with one attached hydrogen (secondary N) is 1. The normalized spacial score (nSPS) is 10.0. The van der Waals surface area contributed by atoms with Gasteiger partial charge >= 0.3 is 0 Å². The number of aryl methyl sites for hydroxylation is 1. The molecule has 0 bridgehead atoms. The Bertz CT molecular complexity index is 668. The van der Waals surface area contributed by atoms with Crippen LogP contribution in [0.5, 0.6) is 0 Å². The Kier molecular flexibility index (Phi) is 3.63. The van der Waals surface area contributed by atoms with Crippen LogP contribution in [0, 0.1) is 24.1 Å². The average molecular weight is 274 g/mol. The second-order valence-electron chi connectivity index (χ2n) is 4.04. The molecule has 0 saturated heterocycles. The third-order valence-electron chi connectivity index (χ3n) is 2.62. The number of rotatable bonds is 2. The van der Waals surface area contributed by atoms with Crippen molar-refractivity contribution in [3.63, 3.8) is 0 Å². The molecule has 0 radical (unpaired) electrons. The van der Waals surface area contributed by atoms with E-state index in [-0.39, 0.29) is 11.7 Å². The van der Waals surface area contributed by atoms with Crippen LogP contribution >= 0.6 is 11.3 Å². The molecule has 0 unspecified atom stereocenters. The number of carbonyl (C=O) groups excluding carboxylic acids is 1. The lowest BCUT2D eigenvalue weighted by Crippen LogP contribution is -2.07. The van der Waals surface area contributed by atoms with Crippen molar-refractivity contribution in [3.05, 3.63) is 39.8 Å². The molecule has 1 aromatic heterocycles. The number of anilines is 1. The molecule has 19 heavy (non-hydrogen) atoms. The number of nitrogens with zero attached hydrogens (tertiary/aromatic N) is 1. The zero-order valence-electron chi connectivity index (χ0n) is 10.5. The van der Waals surface area contributed by atoms with Gasteiger partial charge in [-0.2, -0.15) is 5.26 Å². The van der Waals surface area contributed by atoms with Crippen LogP contribution in [-0.2, 0) is 4.79 Å². The number of thiophene rings is 1. The lowest BCUT2D eigenvalue weighted by Gasteiger charge is -2.07. The molecule has 1 aromatic carbocycles. The number of benzene rings is 1. The first-order valence-electron chi connectivity index (χ1n) is 5.60. The largest absolute Gasteiger partial charge is 0.324 e. The summed E-state index contributed by atoms with van der Waals surface area (Å²) in [5.74, 6) is -0.559. The van der Waals surface area contributed by atoms with Crippen molar-refractivity contribution >= 4 is 22.9 Å². The average Bonchev–Trinajstić information content (AvgIpc) is 2.66. The zero-order chi connectivity index (χ0) is 14.0. The third-order valence-corrected chi connectivity index (χ3v) is 3.63. The summed E-state index contributed by atoms with van der Waals surface area (Å²) in [6, 6.07) is 8.06. The molecule has 0 spiro atoms. The molecule has 0 fully saturated rings. The van der Waals surface area contributed by atoms with Crippen LogP contribution in [0.15, 0.2) is 24.3 Å². The Balaban J connectivity index is 2.61. The van der Waals surface area contributed by atoms with E-state index in [0.717, 1.165) is 16.0 Å². The molecule has 1 heterocycles. The quantitative estimate of drug-likeness (QED) is 0.908. The SMILES string of the molecule is CC(=O)Nc1c(C#N)sc(C)c1-c1ccc(F)cc1. The lowest BCUT2D eigenvalue weighted by molar-refractivity contribution is -0.114. The highest BCUT2D eigenvalue weighted by molar-refractivity contribution is 7.13. The van der Waals surface area contributed by atoms with Crippen molar-refractivity contribution in [1.82, 2.24) is 0 Å². The van der Waals surface area contributed by atoms with Gasteiger partial charge < -0.3 is 5.32 Å².